The Morgan fingerprint density at radius 2 is 2.11 bits per heavy atom. The van der Waals surface area contributed by atoms with Crippen molar-refractivity contribution in [2.45, 2.75) is 64.5 Å². The first-order valence-electron chi connectivity index (χ1n) is 6.77. The van der Waals surface area contributed by atoms with E-state index in [9.17, 15) is 5.11 Å². The minimum absolute atomic E-state index is 0.194. The first-order chi connectivity index (χ1) is 8.94. The Balaban J connectivity index is 2.02. The Labute approximate surface area is 113 Å². The average Bonchev–Trinajstić information content (AvgIpc) is 2.76. The number of aliphatic imine (C=N–C) groups is 1. The molecule has 19 heavy (non-hydrogen) atoms. The molecule has 1 aliphatic carbocycles. The molecule has 106 valence electrons. The highest BCUT2D eigenvalue weighted by molar-refractivity contribution is 5.65. The Hall–Kier alpha value is -1.59. The number of rotatable bonds is 2. The van der Waals surface area contributed by atoms with Crippen molar-refractivity contribution in [1.82, 2.24) is 5.27 Å². The average molecular weight is 267 g/mol. The number of hydrogen-bond acceptors (Lipinski definition) is 5. The Morgan fingerprint density at radius 3 is 2.74 bits per heavy atom. The molecule has 6 nitrogen and oxygen atoms in total. The van der Waals surface area contributed by atoms with Crippen LogP contribution in [-0.2, 0) is 4.74 Å². The molecule has 1 fully saturated rings. The van der Waals surface area contributed by atoms with Gasteiger partial charge in [-0.3, -0.25) is 4.52 Å². The summed E-state index contributed by atoms with van der Waals surface area (Å²) in [5.74, 6) is 0.194. The van der Waals surface area contributed by atoms with Crippen molar-refractivity contribution in [1.29, 1.82) is 0 Å². The summed E-state index contributed by atoms with van der Waals surface area (Å²) >= 11 is 0. The van der Waals surface area contributed by atoms with Crippen molar-refractivity contribution in [3.8, 4) is 0 Å². The van der Waals surface area contributed by atoms with Crippen molar-refractivity contribution < 1.29 is 19.0 Å². The summed E-state index contributed by atoms with van der Waals surface area (Å²) in [4.78, 5) is 3.75. The molecule has 0 saturated heterocycles. The van der Waals surface area contributed by atoms with Crippen LogP contribution in [0.15, 0.2) is 15.7 Å². The molecule has 1 saturated carbocycles. The first-order valence-corrected chi connectivity index (χ1v) is 6.77. The normalized spacial score (nSPS) is 18.6. The van der Waals surface area contributed by atoms with E-state index in [0.717, 1.165) is 12.8 Å². The van der Waals surface area contributed by atoms with Crippen molar-refractivity contribution in [2.24, 2.45) is 4.99 Å². The SMILES string of the molecule is CC(C)(C)O/C([O-])=N/c1c[n+](C2CCCCC2)no1. The monoisotopic (exact) mass is 267 g/mol. The fraction of sp³-hybridized carbons (Fsp3) is 0.769. The number of ether oxygens (including phenoxy) is 1. The van der Waals surface area contributed by atoms with E-state index in [0.29, 0.717) is 6.04 Å². The summed E-state index contributed by atoms with van der Waals surface area (Å²) < 4.78 is 11.9. The lowest BCUT2D eigenvalue weighted by Crippen LogP contribution is -2.41. The summed E-state index contributed by atoms with van der Waals surface area (Å²) in [6, 6.07) is 0.361. The van der Waals surface area contributed by atoms with Crippen LogP contribution in [0.2, 0.25) is 0 Å². The molecular weight excluding hydrogens is 246 g/mol. The summed E-state index contributed by atoms with van der Waals surface area (Å²) in [5, 5.41) is 15.5. The maximum atomic E-state index is 11.5. The molecule has 0 aliphatic heterocycles. The molecule has 0 amide bonds. The second-order valence-corrected chi connectivity index (χ2v) is 5.90. The highest BCUT2D eigenvalue weighted by atomic mass is 16.6. The minimum Gasteiger partial charge on any atom is -0.594 e. The van der Waals surface area contributed by atoms with Crippen LogP contribution in [0.4, 0.5) is 5.88 Å². The second kappa shape index (κ2) is 5.59. The summed E-state index contributed by atoms with van der Waals surface area (Å²) in [6.07, 6.45) is 6.92. The molecule has 0 atom stereocenters. The van der Waals surface area contributed by atoms with Crippen LogP contribution in [0.5, 0.6) is 0 Å². The van der Waals surface area contributed by atoms with Gasteiger partial charge in [0.15, 0.2) is 12.1 Å². The van der Waals surface area contributed by atoms with Gasteiger partial charge in [0.05, 0.1) is 0 Å². The summed E-state index contributed by atoms with van der Waals surface area (Å²) in [5.41, 5.74) is -0.556. The quantitative estimate of drug-likeness (QED) is 0.463. The summed E-state index contributed by atoms with van der Waals surface area (Å²) in [7, 11) is 0. The van der Waals surface area contributed by atoms with Crippen molar-refractivity contribution in [2.75, 3.05) is 0 Å². The van der Waals surface area contributed by atoms with Gasteiger partial charge in [-0.15, -0.1) is 0 Å². The van der Waals surface area contributed by atoms with Gasteiger partial charge in [0.1, 0.15) is 0 Å². The van der Waals surface area contributed by atoms with Gasteiger partial charge in [0.2, 0.25) is 5.27 Å². The second-order valence-electron chi connectivity index (χ2n) is 5.90. The third-order valence-corrected chi connectivity index (χ3v) is 3.02. The van der Waals surface area contributed by atoms with E-state index in [-0.39, 0.29) is 5.88 Å². The standard InChI is InChI=1S/C13H21N3O3/c1-13(2,3)18-12(17)14-11-9-16(15-19-11)10-7-5-4-6-8-10/h9-10H,4-8H2,1-3H3. The smallest absolute Gasteiger partial charge is 0.323 e. The largest absolute Gasteiger partial charge is 0.594 e. The highest BCUT2D eigenvalue weighted by Crippen LogP contribution is 2.24. The lowest BCUT2D eigenvalue weighted by atomic mass is 9.96. The molecule has 0 N–H and O–H groups in total. The molecular formula is C13H21N3O3. The van der Waals surface area contributed by atoms with Crippen LogP contribution in [0.25, 0.3) is 0 Å². The van der Waals surface area contributed by atoms with Gasteiger partial charge in [-0.05, 0) is 17.5 Å². The zero-order chi connectivity index (χ0) is 13.9. The number of aromatic nitrogens is 2. The fourth-order valence-corrected chi connectivity index (χ4v) is 2.19. The molecule has 0 unspecified atom stereocenters. The van der Waals surface area contributed by atoms with E-state index in [1.165, 1.54) is 19.3 Å². The van der Waals surface area contributed by atoms with Gasteiger partial charge in [-0.25, -0.2) is 0 Å². The van der Waals surface area contributed by atoms with E-state index >= 15 is 0 Å². The van der Waals surface area contributed by atoms with E-state index in [4.69, 9.17) is 9.26 Å². The van der Waals surface area contributed by atoms with Gasteiger partial charge in [-0.2, -0.15) is 4.99 Å². The predicted octanol–water partition coefficient (Wildman–Crippen LogP) is 1.63. The Morgan fingerprint density at radius 1 is 1.42 bits per heavy atom. The van der Waals surface area contributed by atoms with E-state index in [1.54, 1.807) is 31.6 Å². The lowest BCUT2D eigenvalue weighted by molar-refractivity contribution is -0.787. The molecule has 0 radical (unpaired) electrons. The molecule has 1 aromatic heterocycles. The number of hydrogen-bond donors (Lipinski definition) is 0. The van der Waals surface area contributed by atoms with Crippen LogP contribution >= 0.6 is 0 Å². The zero-order valence-corrected chi connectivity index (χ0v) is 11.8. The van der Waals surface area contributed by atoms with Gasteiger partial charge >= 0.3 is 5.88 Å². The van der Waals surface area contributed by atoms with Crippen molar-refractivity contribution in [3.05, 3.63) is 6.20 Å². The minimum atomic E-state index is -0.653. The van der Waals surface area contributed by atoms with Gasteiger partial charge in [0.25, 0.3) is 6.20 Å². The fourth-order valence-electron chi connectivity index (χ4n) is 2.19. The number of nitrogens with zero attached hydrogens (tertiary/aromatic N) is 3. The van der Waals surface area contributed by atoms with Crippen LogP contribution in [0, 0.1) is 0 Å². The van der Waals surface area contributed by atoms with E-state index in [1.807, 2.05) is 0 Å². The molecule has 1 heterocycles. The zero-order valence-electron chi connectivity index (χ0n) is 11.8. The molecule has 1 aromatic rings. The molecule has 0 aromatic carbocycles. The van der Waals surface area contributed by atoms with Crippen LogP contribution in [0.3, 0.4) is 0 Å². The Bertz CT molecular complexity index is 442. The van der Waals surface area contributed by atoms with E-state index < -0.39 is 11.7 Å². The van der Waals surface area contributed by atoms with Crippen molar-refractivity contribution in [3.63, 3.8) is 0 Å². The maximum Gasteiger partial charge on any atom is 0.323 e. The van der Waals surface area contributed by atoms with Gasteiger partial charge < -0.3 is 9.84 Å². The predicted molar refractivity (Wildman–Crippen MR) is 66.8 cm³/mol. The van der Waals surface area contributed by atoms with Gasteiger partial charge in [0, 0.05) is 18.4 Å². The topological polar surface area (TPSA) is 74.6 Å². The molecule has 6 heteroatoms. The van der Waals surface area contributed by atoms with Crippen LogP contribution in [-0.4, -0.2) is 17.0 Å². The van der Waals surface area contributed by atoms with Gasteiger partial charge in [-0.1, -0.05) is 27.2 Å². The van der Waals surface area contributed by atoms with E-state index in [2.05, 4.69) is 10.3 Å². The molecule has 0 bridgehead atoms. The Kier molecular flexibility index (Phi) is 4.07. The third kappa shape index (κ3) is 4.22. The highest BCUT2D eigenvalue weighted by Gasteiger charge is 2.26. The lowest BCUT2D eigenvalue weighted by Gasteiger charge is -2.28. The maximum absolute atomic E-state index is 11.5. The third-order valence-electron chi connectivity index (χ3n) is 3.02. The van der Waals surface area contributed by atoms with Crippen molar-refractivity contribution >= 4 is 12.0 Å². The summed E-state index contributed by atoms with van der Waals surface area (Å²) in [6.45, 7) is 5.38. The molecule has 2 rings (SSSR count). The van der Waals surface area contributed by atoms with Crippen LogP contribution in [0.1, 0.15) is 58.9 Å². The molecule has 1 aliphatic rings. The first kappa shape index (κ1) is 13.8. The molecule has 0 spiro atoms. The van der Waals surface area contributed by atoms with Crippen LogP contribution < -0.4 is 9.79 Å².